The number of carbonyl (C=O) groups is 1. The first-order chi connectivity index (χ1) is 11.3. The van der Waals surface area contributed by atoms with E-state index < -0.39 is 22.9 Å². The first-order valence-corrected chi connectivity index (χ1v) is 9.22. The molecule has 24 heavy (non-hydrogen) atoms. The highest BCUT2D eigenvalue weighted by molar-refractivity contribution is 9.10. The molecular formula is C15H10BrCl2FNO3S-. The van der Waals surface area contributed by atoms with Gasteiger partial charge in [-0.1, -0.05) is 39.1 Å². The fraction of sp³-hybridized carbons (Fsp3) is 0.133. The van der Waals surface area contributed by atoms with E-state index in [0.29, 0.717) is 21.5 Å². The summed E-state index contributed by atoms with van der Waals surface area (Å²) in [5.74, 6) is -0.939. The van der Waals surface area contributed by atoms with E-state index in [0.717, 1.165) is 12.1 Å². The largest absolute Gasteiger partial charge is 0.760 e. The van der Waals surface area contributed by atoms with Crippen LogP contribution in [0.3, 0.4) is 0 Å². The normalized spacial score (nSPS) is 12.2. The number of ketones is 1. The van der Waals surface area contributed by atoms with E-state index in [2.05, 4.69) is 20.7 Å². The molecule has 2 aromatic carbocycles. The Hall–Kier alpha value is -0.830. The Bertz CT molecular complexity index is 820. The van der Waals surface area contributed by atoms with Crippen molar-refractivity contribution < 1.29 is 17.9 Å². The lowest BCUT2D eigenvalue weighted by Gasteiger charge is -2.12. The zero-order chi connectivity index (χ0) is 17.9. The summed E-state index contributed by atoms with van der Waals surface area (Å²) < 4.78 is 36.8. The molecule has 2 rings (SSSR count). The average Bonchev–Trinajstić information content (AvgIpc) is 2.49. The number of carbonyl (C=O) groups excluding carboxylic acids is 1. The van der Waals surface area contributed by atoms with Crippen molar-refractivity contribution in [3.05, 3.63) is 67.4 Å². The molecular weight excluding hydrogens is 444 g/mol. The molecule has 2 aromatic rings. The maximum Gasteiger partial charge on any atom is 0.195 e. The first kappa shape index (κ1) is 19.5. The van der Waals surface area contributed by atoms with Crippen LogP contribution in [0.1, 0.15) is 21.5 Å². The van der Waals surface area contributed by atoms with Gasteiger partial charge in [0.2, 0.25) is 0 Å². The predicted molar refractivity (Wildman–Crippen MR) is 94.6 cm³/mol. The Morgan fingerprint density at radius 3 is 2.54 bits per heavy atom. The van der Waals surface area contributed by atoms with Crippen molar-refractivity contribution in [1.29, 1.82) is 0 Å². The number of hydrogen-bond donors (Lipinski definition) is 1. The second-order valence-corrected chi connectivity index (χ2v) is 7.18. The standard InChI is InChI=1S/C15H11BrCl2FNO3S/c16-12-5-8(3-4-20-24(22)23)13(17)7-11(12)15(21)10-2-1-9(19)6-14(10)18/h1-2,5-7,20H,3-4H2,(H,22,23)/p-1. The van der Waals surface area contributed by atoms with Crippen molar-refractivity contribution in [3.8, 4) is 0 Å². The smallest absolute Gasteiger partial charge is 0.195 e. The molecule has 0 radical (unpaired) electrons. The van der Waals surface area contributed by atoms with Crippen molar-refractivity contribution in [3.63, 3.8) is 0 Å². The molecule has 0 aliphatic carbocycles. The maximum atomic E-state index is 13.1. The van der Waals surface area contributed by atoms with E-state index >= 15 is 0 Å². The van der Waals surface area contributed by atoms with Crippen LogP contribution in [0.5, 0.6) is 0 Å². The van der Waals surface area contributed by atoms with Crippen LogP contribution in [-0.2, 0) is 17.7 Å². The summed E-state index contributed by atoms with van der Waals surface area (Å²) >= 11 is 13.0. The minimum absolute atomic E-state index is 0.00854. The molecule has 0 amide bonds. The number of nitrogens with one attached hydrogen (secondary N) is 1. The molecule has 1 N–H and O–H groups in total. The summed E-state index contributed by atoms with van der Waals surface area (Å²) in [7, 11) is 0. The highest BCUT2D eigenvalue weighted by atomic mass is 79.9. The Balaban J connectivity index is 2.29. The molecule has 0 fully saturated rings. The molecule has 128 valence electrons. The van der Waals surface area contributed by atoms with Gasteiger partial charge in [0, 0.05) is 38.4 Å². The zero-order valence-electron chi connectivity index (χ0n) is 11.9. The summed E-state index contributed by atoms with van der Waals surface area (Å²) in [4.78, 5) is 12.6. The van der Waals surface area contributed by atoms with Gasteiger partial charge in [-0.2, -0.15) is 0 Å². The van der Waals surface area contributed by atoms with Gasteiger partial charge in [-0.25, -0.2) is 9.11 Å². The van der Waals surface area contributed by atoms with Gasteiger partial charge in [0.15, 0.2) is 5.78 Å². The monoisotopic (exact) mass is 452 g/mol. The molecule has 0 saturated heterocycles. The Morgan fingerprint density at radius 1 is 1.21 bits per heavy atom. The van der Waals surface area contributed by atoms with E-state index in [9.17, 15) is 17.9 Å². The van der Waals surface area contributed by atoms with Gasteiger partial charge in [-0.15, -0.1) is 0 Å². The Labute approximate surface area is 158 Å². The number of benzene rings is 2. The quantitative estimate of drug-likeness (QED) is 0.529. The second-order valence-electron chi connectivity index (χ2n) is 4.76. The molecule has 0 bridgehead atoms. The van der Waals surface area contributed by atoms with Crippen LogP contribution in [0.15, 0.2) is 34.8 Å². The molecule has 0 saturated carbocycles. The van der Waals surface area contributed by atoms with Crippen molar-refractivity contribution in [1.82, 2.24) is 4.72 Å². The van der Waals surface area contributed by atoms with E-state index in [1.807, 2.05) is 0 Å². The van der Waals surface area contributed by atoms with Crippen molar-refractivity contribution in [2.45, 2.75) is 6.42 Å². The summed E-state index contributed by atoms with van der Waals surface area (Å²) in [6, 6.07) is 6.63. The van der Waals surface area contributed by atoms with Gasteiger partial charge in [0.05, 0.1) is 5.02 Å². The molecule has 1 unspecified atom stereocenters. The fourth-order valence-electron chi connectivity index (χ4n) is 2.04. The molecule has 4 nitrogen and oxygen atoms in total. The van der Waals surface area contributed by atoms with Gasteiger partial charge in [-0.3, -0.25) is 9.00 Å². The van der Waals surface area contributed by atoms with E-state index in [4.69, 9.17) is 23.2 Å². The SMILES string of the molecule is O=C(c1ccc(F)cc1Cl)c1cc(Cl)c(CCNS(=O)[O-])cc1Br. The molecule has 0 heterocycles. The van der Waals surface area contributed by atoms with Gasteiger partial charge >= 0.3 is 0 Å². The minimum atomic E-state index is -2.35. The van der Waals surface area contributed by atoms with Crippen molar-refractivity contribution >= 4 is 56.2 Å². The van der Waals surface area contributed by atoms with Crippen molar-refractivity contribution in [2.75, 3.05) is 6.54 Å². The lowest BCUT2D eigenvalue weighted by atomic mass is 10.0. The topological polar surface area (TPSA) is 69.2 Å². The van der Waals surface area contributed by atoms with Crippen LogP contribution in [0.4, 0.5) is 4.39 Å². The third kappa shape index (κ3) is 4.84. The molecule has 0 aromatic heterocycles. The predicted octanol–water partition coefficient (Wildman–Crippen LogP) is 4.05. The van der Waals surface area contributed by atoms with Crippen LogP contribution in [0.25, 0.3) is 0 Å². The highest BCUT2D eigenvalue weighted by Crippen LogP contribution is 2.30. The molecule has 1 atom stereocenters. The van der Waals surface area contributed by atoms with E-state index in [1.165, 1.54) is 12.1 Å². The van der Waals surface area contributed by atoms with Crippen LogP contribution in [0.2, 0.25) is 10.0 Å². The highest BCUT2D eigenvalue weighted by Gasteiger charge is 2.18. The summed E-state index contributed by atoms with van der Waals surface area (Å²) in [6.07, 6.45) is 0.358. The molecule has 9 heteroatoms. The van der Waals surface area contributed by atoms with Gasteiger partial charge in [0.1, 0.15) is 5.82 Å². The summed E-state index contributed by atoms with van der Waals surface area (Å²) in [5.41, 5.74) is 1.10. The van der Waals surface area contributed by atoms with Gasteiger partial charge < -0.3 is 4.55 Å². The van der Waals surface area contributed by atoms with Crippen LogP contribution < -0.4 is 4.72 Å². The fourth-order valence-corrected chi connectivity index (χ4v) is 3.39. The average molecular weight is 454 g/mol. The van der Waals surface area contributed by atoms with E-state index in [1.54, 1.807) is 6.07 Å². The van der Waals surface area contributed by atoms with Crippen molar-refractivity contribution in [2.24, 2.45) is 0 Å². The second kappa shape index (κ2) is 8.51. The summed E-state index contributed by atoms with van der Waals surface area (Å²) in [6.45, 7) is 0.180. The Morgan fingerprint density at radius 2 is 1.92 bits per heavy atom. The van der Waals surface area contributed by atoms with Crippen LogP contribution >= 0.6 is 39.1 Å². The number of halogens is 4. The third-order valence-electron chi connectivity index (χ3n) is 3.17. The molecule has 0 spiro atoms. The lowest BCUT2D eigenvalue weighted by molar-refractivity contribution is 0.103. The molecule has 0 aliphatic rings. The van der Waals surface area contributed by atoms with E-state index in [-0.39, 0.29) is 22.7 Å². The summed E-state index contributed by atoms with van der Waals surface area (Å²) in [5, 5.41) is 0.326. The van der Waals surface area contributed by atoms with Gasteiger partial charge in [-0.05, 0) is 42.3 Å². The third-order valence-corrected chi connectivity index (χ3v) is 4.93. The number of hydrogen-bond acceptors (Lipinski definition) is 3. The van der Waals surface area contributed by atoms with Crippen LogP contribution in [0, 0.1) is 5.82 Å². The first-order valence-electron chi connectivity index (χ1n) is 6.60. The molecule has 0 aliphatic heterocycles. The lowest BCUT2D eigenvalue weighted by Crippen LogP contribution is -2.19. The minimum Gasteiger partial charge on any atom is -0.760 e. The van der Waals surface area contributed by atoms with Gasteiger partial charge in [0.25, 0.3) is 0 Å². The Kier molecular flexibility index (Phi) is 6.91. The zero-order valence-corrected chi connectivity index (χ0v) is 15.9. The van der Waals surface area contributed by atoms with Crippen LogP contribution in [-0.4, -0.2) is 21.1 Å². The maximum absolute atomic E-state index is 13.1. The number of rotatable bonds is 6.